The molecule has 0 bridgehead atoms. The molecule has 9 heteroatoms. The van der Waals surface area contributed by atoms with E-state index in [0.717, 1.165) is 22.2 Å². The van der Waals surface area contributed by atoms with E-state index >= 15 is 0 Å². The van der Waals surface area contributed by atoms with E-state index in [1.165, 1.54) is 0 Å². The number of nitrogens with zero attached hydrogens (tertiary/aromatic N) is 3. The van der Waals surface area contributed by atoms with Gasteiger partial charge in [-0.2, -0.15) is 5.26 Å². The van der Waals surface area contributed by atoms with Crippen molar-refractivity contribution in [2.45, 2.75) is 58.8 Å². The van der Waals surface area contributed by atoms with Gasteiger partial charge in [-0.25, -0.2) is 4.98 Å². The largest absolute Gasteiger partial charge is 0.495 e. The number of carboxylic acid groups (broad SMARTS) is 1. The molecule has 1 aromatic heterocycles. The Kier molecular flexibility index (Phi) is 5.95. The van der Waals surface area contributed by atoms with E-state index in [2.05, 4.69) is 11.0 Å². The van der Waals surface area contributed by atoms with Gasteiger partial charge in [-0.15, -0.1) is 0 Å². The first-order valence-corrected chi connectivity index (χ1v) is 12.2. The van der Waals surface area contributed by atoms with Crippen molar-refractivity contribution in [1.82, 2.24) is 9.88 Å². The molecule has 2 fully saturated rings. The van der Waals surface area contributed by atoms with Crippen LogP contribution in [0.2, 0.25) is 0 Å². The molecule has 0 saturated carbocycles. The van der Waals surface area contributed by atoms with Crippen molar-refractivity contribution in [3.63, 3.8) is 0 Å². The molecule has 2 aliphatic heterocycles. The number of aliphatic carboxylic acids is 1. The van der Waals surface area contributed by atoms with Gasteiger partial charge in [0.1, 0.15) is 11.6 Å². The number of carbonyl (C=O) groups is 1. The lowest BCUT2D eigenvalue weighted by molar-refractivity contribution is -0.141. The first-order valence-electron chi connectivity index (χ1n) is 12.2. The molecule has 186 valence electrons. The lowest BCUT2D eigenvalue weighted by atomic mass is 9.75. The van der Waals surface area contributed by atoms with Crippen LogP contribution >= 0.6 is 0 Å². The fourth-order valence-electron chi connectivity index (χ4n) is 4.93. The highest BCUT2D eigenvalue weighted by atomic mass is 16.7. The molecule has 3 aromatic rings. The van der Waals surface area contributed by atoms with Gasteiger partial charge in [-0.1, -0.05) is 12.1 Å². The molecule has 0 radical (unpaired) electrons. The molecule has 5 rings (SSSR count). The quantitative estimate of drug-likeness (QED) is 0.541. The number of likely N-dealkylation sites (tertiary alicyclic amines) is 1. The van der Waals surface area contributed by atoms with Crippen molar-refractivity contribution in [3.05, 3.63) is 47.0 Å². The number of oxazole rings is 1. The van der Waals surface area contributed by atoms with Crippen LogP contribution in [-0.2, 0) is 20.6 Å². The van der Waals surface area contributed by atoms with Crippen LogP contribution in [0.1, 0.15) is 50.8 Å². The third kappa shape index (κ3) is 4.19. The minimum Gasteiger partial charge on any atom is -0.481 e. The molecule has 0 spiro atoms. The zero-order chi connectivity index (χ0) is 25.8. The second-order valence-corrected chi connectivity index (χ2v) is 10.8. The maximum absolute atomic E-state index is 11.3. The number of fused-ring (bicyclic) bond motifs is 1. The minimum absolute atomic E-state index is 0.345. The molecule has 1 N–H and O–H groups in total. The Morgan fingerprint density at radius 2 is 1.97 bits per heavy atom. The average Bonchev–Trinajstić information content (AvgIpc) is 3.49. The molecular weight excluding hydrogens is 457 g/mol. The molecule has 36 heavy (non-hydrogen) atoms. The summed E-state index contributed by atoms with van der Waals surface area (Å²) in [6.07, 6.45) is 0.634. The number of aromatic nitrogens is 1. The Bertz CT molecular complexity index is 1370. The summed E-state index contributed by atoms with van der Waals surface area (Å²) in [6.45, 7) is 11.9. The molecule has 0 aliphatic carbocycles. The van der Waals surface area contributed by atoms with Crippen LogP contribution in [0.4, 0.5) is 0 Å². The van der Waals surface area contributed by atoms with Crippen LogP contribution in [0.5, 0.6) is 0 Å². The summed E-state index contributed by atoms with van der Waals surface area (Å²) >= 11 is 0. The number of hydrogen-bond donors (Lipinski definition) is 1. The third-order valence-electron chi connectivity index (χ3n) is 7.81. The smallest absolute Gasteiger partial charge is 0.481 e. The van der Waals surface area contributed by atoms with Crippen molar-refractivity contribution in [3.8, 4) is 17.5 Å². The van der Waals surface area contributed by atoms with Crippen LogP contribution in [0.3, 0.4) is 0 Å². The number of carboxylic acids is 1. The Morgan fingerprint density at radius 1 is 1.25 bits per heavy atom. The summed E-state index contributed by atoms with van der Waals surface area (Å²) in [6, 6.07) is 11.8. The lowest BCUT2D eigenvalue weighted by Gasteiger charge is -2.32. The second kappa shape index (κ2) is 8.73. The normalized spacial score (nSPS) is 21.2. The molecular formula is C27H30BN3O5. The zero-order valence-corrected chi connectivity index (χ0v) is 21.3. The maximum Gasteiger partial charge on any atom is 0.495 e. The molecule has 1 unspecified atom stereocenters. The van der Waals surface area contributed by atoms with E-state index < -0.39 is 24.3 Å². The second-order valence-electron chi connectivity index (χ2n) is 10.8. The summed E-state index contributed by atoms with van der Waals surface area (Å²) in [5.41, 5.74) is 4.14. The Morgan fingerprint density at radius 3 is 2.61 bits per heavy atom. The highest BCUT2D eigenvalue weighted by Crippen LogP contribution is 2.37. The van der Waals surface area contributed by atoms with E-state index in [9.17, 15) is 15.2 Å². The van der Waals surface area contributed by atoms with Crippen molar-refractivity contribution < 1.29 is 23.6 Å². The molecule has 3 heterocycles. The van der Waals surface area contributed by atoms with Crippen LogP contribution in [0.15, 0.2) is 34.7 Å². The average molecular weight is 487 g/mol. The van der Waals surface area contributed by atoms with Crippen molar-refractivity contribution in [2.75, 3.05) is 13.1 Å². The Labute approximate surface area is 211 Å². The van der Waals surface area contributed by atoms with Gasteiger partial charge in [0.05, 0.1) is 22.7 Å². The number of benzene rings is 2. The molecule has 2 aliphatic rings. The first-order chi connectivity index (χ1) is 17.0. The third-order valence-corrected chi connectivity index (χ3v) is 7.81. The molecule has 0 amide bonds. The van der Waals surface area contributed by atoms with Gasteiger partial charge in [0, 0.05) is 18.7 Å². The zero-order valence-electron chi connectivity index (χ0n) is 21.3. The standard InChI is InChI=1S/C27H30BN3O5/c1-16-20(7-6-8-21(16)28-35-26(2,3)27(4,5)36-28)24-30-22-12-17(11-19(13-29)23(22)34-24)14-31-10-9-18(15-31)25(32)33/h6-8,11-12,18H,9-10,14-15H2,1-5H3,(H,32,33). The predicted octanol–water partition coefficient (Wildman–Crippen LogP) is 3.88. The fourth-order valence-corrected chi connectivity index (χ4v) is 4.93. The van der Waals surface area contributed by atoms with E-state index in [1.54, 1.807) is 6.07 Å². The molecule has 1 atom stereocenters. The van der Waals surface area contributed by atoms with Crippen molar-refractivity contribution in [1.29, 1.82) is 5.26 Å². The molecule has 2 aromatic carbocycles. The highest BCUT2D eigenvalue weighted by molar-refractivity contribution is 6.62. The van der Waals surface area contributed by atoms with Crippen LogP contribution in [0.25, 0.3) is 22.6 Å². The maximum atomic E-state index is 11.3. The summed E-state index contributed by atoms with van der Waals surface area (Å²) in [5.74, 6) is -0.673. The van der Waals surface area contributed by atoms with Gasteiger partial charge in [0.15, 0.2) is 5.58 Å². The minimum atomic E-state index is -0.759. The number of nitriles is 1. The van der Waals surface area contributed by atoms with Gasteiger partial charge >= 0.3 is 13.1 Å². The van der Waals surface area contributed by atoms with E-state index in [1.807, 2.05) is 58.9 Å². The monoisotopic (exact) mass is 487 g/mol. The van der Waals surface area contributed by atoms with Crippen LogP contribution < -0.4 is 5.46 Å². The Hall–Kier alpha value is -3.19. The van der Waals surface area contributed by atoms with Gasteiger partial charge in [0.2, 0.25) is 5.89 Å². The molecule has 2 saturated heterocycles. The van der Waals surface area contributed by atoms with Crippen LogP contribution in [-0.4, -0.2) is 52.4 Å². The van der Waals surface area contributed by atoms with E-state index in [0.29, 0.717) is 48.6 Å². The number of rotatable bonds is 5. The van der Waals surface area contributed by atoms with E-state index in [-0.39, 0.29) is 5.92 Å². The van der Waals surface area contributed by atoms with Gasteiger partial charge in [-0.05, 0) is 82.4 Å². The van der Waals surface area contributed by atoms with Gasteiger partial charge in [0.25, 0.3) is 0 Å². The lowest BCUT2D eigenvalue weighted by Crippen LogP contribution is -2.41. The van der Waals surface area contributed by atoms with E-state index in [4.69, 9.17) is 18.7 Å². The topological polar surface area (TPSA) is 109 Å². The summed E-state index contributed by atoms with van der Waals surface area (Å²) < 4.78 is 18.6. The summed E-state index contributed by atoms with van der Waals surface area (Å²) in [4.78, 5) is 18.1. The van der Waals surface area contributed by atoms with Crippen molar-refractivity contribution >= 4 is 29.7 Å². The van der Waals surface area contributed by atoms with Crippen LogP contribution in [0, 0.1) is 24.2 Å². The van der Waals surface area contributed by atoms with Gasteiger partial charge in [-0.3, -0.25) is 9.69 Å². The summed E-state index contributed by atoms with van der Waals surface area (Å²) in [7, 11) is -0.504. The SMILES string of the molecule is Cc1c(B2OC(C)(C)C(C)(C)O2)cccc1-c1nc2cc(CN3CCC(C(=O)O)C3)cc(C#N)c2o1. The fraction of sp³-hybridized carbons (Fsp3) is 0.444. The Balaban J connectivity index is 1.47. The summed E-state index contributed by atoms with van der Waals surface area (Å²) in [5, 5.41) is 19.1. The first kappa shape index (κ1) is 24.5. The highest BCUT2D eigenvalue weighted by Gasteiger charge is 2.52. The number of hydrogen-bond acceptors (Lipinski definition) is 7. The molecule has 8 nitrogen and oxygen atoms in total. The predicted molar refractivity (Wildman–Crippen MR) is 136 cm³/mol. The van der Waals surface area contributed by atoms with Gasteiger partial charge < -0.3 is 18.8 Å². The van der Waals surface area contributed by atoms with Crippen molar-refractivity contribution in [2.24, 2.45) is 5.92 Å².